The van der Waals surface area contributed by atoms with E-state index in [-0.39, 0.29) is 21.5 Å². The molecule has 0 atom stereocenters. The van der Waals surface area contributed by atoms with E-state index in [2.05, 4.69) is 0 Å². The van der Waals surface area contributed by atoms with E-state index >= 15 is 0 Å². The zero-order valence-electron chi connectivity index (χ0n) is 12.7. The number of phenols is 3. The molecule has 0 saturated heterocycles. The van der Waals surface area contributed by atoms with Gasteiger partial charge in [-0.15, -0.1) is 0 Å². The highest BCUT2D eigenvalue weighted by molar-refractivity contribution is 5.74. The minimum Gasteiger partial charge on any atom is -0.508 e. The molecule has 0 aliphatic heterocycles. The molecule has 0 amide bonds. The average molecular weight is 302 g/mol. The van der Waals surface area contributed by atoms with Gasteiger partial charge in [-0.3, -0.25) is 0 Å². The summed E-state index contributed by atoms with van der Waals surface area (Å²) >= 11 is 0. The summed E-state index contributed by atoms with van der Waals surface area (Å²) in [4.78, 5) is 0. The van der Waals surface area contributed by atoms with Gasteiger partial charge in [-0.2, -0.15) is 0 Å². The van der Waals surface area contributed by atoms with E-state index in [1.165, 1.54) is 0 Å². The van der Waals surface area contributed by atoms with E-state index in [0.717, 1.165) is 5.56 Å². The lowest BCUT2D eigenvalue weighted by atomic mass is 10.1. The van der Waals surface area contributed by atoms with E-state index < -0.39 is 0 Å². The molecule has 2 rings (SSSR count). The molecule has 0 heterocycles. The second kappa shape index (κ2) is 6.85. The highest BCUT2D eigenvalue weighted by atomic mass is 16.3. The topological polar surface area (TPSA) is 60.7 Å². The lowest BCUT2D eigenvalue weighted by Gasteiger charge is -2.05. The van der Waals surface area contributed by atoms with Crippen LogP contribution in [-0.2, 0) is 0 Å². The van der Waals surface area contributed by atoms with E-state index in [4.69, 9.17) is 0 Å². The first-order valence-electron chi connectivity index (χ1n) is 7.17. The smallest absolute Gasteiger partial charge is 0.127 e. The maximum absolute atomic E-state index is 10.0. The SMILES string of the molecule is CC(C)/C=C/c1c(O)cc(/C=C/c2ccc(O)cc2)cc1O.[HH].[HH].[HH]. The molecule has 120 valence electrons. The monoisotopic (exact) mass is 302 g/mol. The number of rotatable bonds is 4. The first-order valence-corrected chi connectivity index (χ1v) is 7.17. The molecule has 3 heteroatoms. The van der Waals surface area contributed by atoms with Gasteiger partial charge in [-0.1, -0.05) is 50.3 Å². The summed E-state index contributed by atoms with van der Waals surface area (Å²) in [6.07, 6.45) is 7.28. The number of hydrogen-bond acceptors (Lipinski definition) is 3. The van der Waals surface area contributed by atoms with Crippen molar-refractivity contribution in [2.24, 2.45) is 5.92 Å². The molecular weight excluding hydrogens is 276 g/mol. The Morgan fingerprint density at radius 2 is 1.36 bits per heavy atom. The van der Waals surface area contributed by atoms with Gasteiger partial charge < -0.3 is 15.3 Å². The van der Waals surface area contributed by atoms with Crippen molar-refractivity contribution in [2.75, 3.05) is 0 Å². The van der Waals surface area contributed by atoms with Crippen LogP contribution in [0.15, 0.2) is 42.5 Å². The Balaban J connectivity index is 0. The van der Waals surface area contributed by atoms with Crippen LogP contribution in [0, 0.1) is 5.92 Å². The number of benzene rings is 2. The molecule has 0 aromatic heterocycles. The standard InChI is InChI=1S/C19H20O3.3H2/c1-13(2)3-10-17-18(21)11-15(12-19(17)22)5-4-14-6-8-16(20)9-7-14;;;/h3-13,20-22H,1-2H3;3*1H/b5-4+,10-3+;;;. The van der Waals surface area contributed by atoms with Crippen molar-refractivity contribution in [1.29, 1.82) is 0 Å². The van der Waals surface area contributed by atoms with E-state index in [1.54, 1.807) is 48.6 Å². The fourth-order valence-corrected chi connectivity index (χ4v) is 1.98. The van der Waals surface area contributed by atoms with Gasteiger partial charge in [0.05, 0.1) is 5.56 Å². The second-order valence-electron chi connectivity index (χ2n) is 5.50. The van der Waals surface area contributed by atoms with E-state index in [1.807, 2.05) is 26.0 Å². The van der Waals surface area contributed by atoms with Crippen LogP contribution >= 0.6 is 0 Å². The van der Waals surface area contributed by atoms with Gasteiger partial charge in [0, 0.05) is 4.28 Å². The normalized spacial score (nSPS) is 11.8. The van der Waals surface area contributed by atoms with Gasteiger partial charge in [0.15, 0.2) is 0 Å². The Morgan fingerprint density at radius 3 is 1.91 bits per heavy atom. The summed E-state index contributed by atoms with van der Waals surface area (Å²) in [5, 5.41) is 29.3. The summed E-state index contributed by atoms with van der Waals surface area (Å²) in [5.74, 6) is 0.645. The highest BCUT2D eigenvalue weighted by Crippen LogP contribution is 2.31. The maximum atomic E-state index is 10.0. The predicted octanol–water partition coefficient (Wildman–Crippen LogP) is 5.38. The molecule has 0 unspecified atom stereocenters. The average Bonchev–Trinajstić information content (AvgIpc) is 2.45. The van der Waals surface area contributed by atoms with Crippen LogP contribution in [0.2, 0.25) is 0 Å². The van der Waals surface area contributed by atoms with E-state index in [0.29, 0.717) is 17.0 Å². The van der Waals surface area contributed by atoms with Crippen LogP contribution in [0.4, 0.5) is 0 Å². The van der Waals surface area contributed by atoms with Gasteiger partial charge in [-0.05, 0) is 41.3 Å². The maximum Gasteiger partial charge on any atom is 0.127 e. The van der Waals surface area contributed by atoms with Crippen LogP contribution in [0.1, 0.15) is 34.8 Å². The molecule has 0 saturated carbocycles. The highest BCUT2D eigenvalue weighted by Gasteiger charge is 2.06. The fourth-order valence-electron chi connectivity index (χ4n) is 1.98. The molecule has 0 spiro atoms. The molecular formula is C19H26O3. The Morgan fingerprint density at radius 1 is 0.818 bits per heavy atom. The largest absolute Gasteiger partial charge is 0.508 e. The number of aromatic hydroxyl groups is 3. The molecule has 3 nitrogen and oxygen atoms in total. The summed E-state index contributed by atoms with van der Waals surface area (Å²) in [5.41, 5.74) is 2.04. The molecule has 0 aliphatic rings. The molecule has 0 fully saturated rings. The summed E-state index contributed by atoms with van der Waals surface area (Å²) in [6, 6.07) is 9.99. The summed E-state index contributed by atoms with van der Waals surface area (Å²) in [6.45, 7) is 4.05. The van der Waals surface area contributed by atoms with Gasteiger partial charge >= 0.3 is 0 Å². The van der Waals surface area contributed by atoms with Gasteiger partial charge in [0.1, 0.15) is 17.2 Å². The van der Waals surface area contributed by atoms with Crippen molar-refractivity contribution < 1.29 is 19.6 Å². The fraction of sp³-hybridized carbons (Fsp3) is 0.158. The number of allylic oxidation sites excluding steroid dienone is 1. The van der Waals surface area contributed by atoms with Crippen molar-refractivity contribution in [3.05, 3.63) is 59.2 Å². The molecule has 0 aliphatic carbocycles. The first-order chi connectivity index (χ1) is 10.5. The molecule has 0 bridgehead atoms. The third-order valence-corrected chi connectivity index (χ3v) is 3.17. The van der Waals surface area contributed by atoms with E-state index in [9.17, 15) is 15.3 Å². The Kier molecular flexibility index (Phi) is 4.89. The predicted molar refractivity (Wildman–Crippen MR) is 97.0 cm³/mol. The molecule has 22 heavy (non-hydrogen) atoms. The lowest BCUT2D eigenvalue weighted by molar-refractivity contribution is 0.448. The van der Waals surface area contributed by atoms with Gasteiger partial charge in [0.25, 0.3) is 0 Å². The molecule has 2 aromatic carbocycles. The first kappa shape index (κ1) is 15.7. The van der Waals surface area contributed by atoms with Crippen LogP contribution < -0.4 is 0 Å². The Bertz CT molecular complexity index is 685. The zero-order chi connectivity index (χ0) is 16.1. The van der Waals surface area contributed by atoms with Gasteiger partial charge in [-0.25, -0.2) is 0 Å². The van der Waals surface area contributed by atoms with Crippen LogP contribution in [0.5, 0.6) is 17.2 Å². The Hall–Kier alpha value is -2.68. The quantitative estimate of drug-likeness (QED) is 0.664. The Labute approximate surface area is 135 Å². The van der Waals surface area contributed by atoms with Crippen LogP contribution in [-0.4, -0.2) is 15.3 Å². The van der Waals surface area contributed by atoms with Crippen molar-refractivity contribution in [2.45, 2.75) is 13.8 Å². The van der Waals surface area contributed by atoms with Crippen molar-refractivity contribution in [1.82, 2.24) is 0 Å². The minimum absolute atomic E-state index is 0. The summed E-state index contributed by atoms with van der Waals surface area (Å²) in [7, 11) is 0. The van der Waals surface area contributed by atoms with Crippen LogP contribution in [0.25, 0.3) is 18.2 Å². The zero-order valence-corrected chi connectivity index (χ0v) is 12.7. The van der Waals surface area contributed by atoms with Crippen LogP contribution in [0.3, 0.4) is 0 Å². The van der Waals surface area contributed by atoms with Gasteiger partial charge in [0.2, 0.25) is 0 Å². The van der Waals surface area contributed by atoms with Crippen molar-refractivity contribution in [3.8, 4) is 17.2 Å². The molecule has 0 radical (unpaired) electrons. The third-order valence-electron chi connectivity index (χ3n) is 3.17. The molecule has 2 aromatic rings. The summed E-state index contributed by atoms with van der Waals surface area (Å²) < 4.78 is 0. The lowest BCUT2D eigenvalue weighted by Crippen LogP contribution is -1.83. The molecule has 3 N–H and O–H groups in total. The van der Waals surface area contributed by atoms with Crippen molar-refractivity contribution >= 4 is 18.2 Å². The third kappa shape index (κ3) is 4.16. The number of phenolic OH excluding ortho intramolecular Hbond substituents is 3. The number of hydrogen-bond donors (Lipinski definition) is 3. The second-order valence-corrected chi connectivity index (χ2v) is 5.50. The van der Waals surface area contributed by atoms with Crippen molar-refractivity contribution in [3.63, 3.8) is 0 Å². The minimum atomic E-state index is 0.